The topological polar surface area (TPSA) is 15.3 Å². The van der Waals surface area contributed by atoms with E-state index in [4.69, 9.17) is 11.6 Å². The van der Waals surface area contributed by atoms with Crippen molar-refractivity contribution in [3.8, 4) is 0 Å². The summed E-state index contributed by atoms with van der Waals surface area (Å²) in [5.41, 5.74) is 2.49. The lowest BCUT2D eigenvalue weighted by Crippen LogP contribution is -2.38. The van der Waals surface area contributed by atoms with Crippen molar-refractivity contribution in [1.82, 2.24) is 10.2 Å². The van der Waals surface area contributed by atoms with Crippen LogP contribution in [0.4, 0.5) is 0 Å². The van der Waals surface area contributed by atoms with Crippen molar-refractivity contribution in [2.45, 2.75) is 46.2 Å². The van der Waals surface area contributed by atoms with Crippen LogP contribution in [0, 0.1) is 12.8 Å². The first-order valence-corrected chi connectivity index (χ1v) is 8.13. The SMILES string of the molecule is Cc1ccc(CN2CCC(CNC(C)C)CC2)c(Cl)c1. The average molecular weight is 295 g/mol. The van der Waals surface area contributed by atoms with Gasteiger partial charge in [-0.1, -0.05) is 37.6 Å². The molecule has 3 heteroatoms. The number of nitrogens with one attached hydrogen (secondary N) is 1. The van der Waals surface area contributed by atoms with Crippen molar-refractivity contribution >= 4 is 11.6 Å². The van der Waals surface area contributed by atoms with Crippen LogP contribution >= 0.6 is 11.6 Å². The summed E-state index contributed by atoms with van der Waals surface area (Å²) in [4.78, 5) is 2.53. The zero-order valence-corrected chi connectivity index (χ0v) is 13.7. The summed E-state index contributed by atoms with van der Waals surface area (Å²) in [6.07, 6.45) is 2.59. The molecule has 0 radical (unpaired) electrons. The summed E-state index contributed by atoms with van der Waals surface area (Å²) in [5.74, 6) is 0.835. The first-order chi connectivity index (χ1) is 9.54. The smallest absolute Gasteiger partial charge is 0.0453 e. The molecule has 1 saturated heterocycles. The molecule has 2 rings (SSSR count). The van der Waals surface area contributed by atoms with Crippen LogP contribution in [0.15, 0.2) is 18.2 Å². The summed E-state index contributed by atoms with van der Waals surface area (Å²) in [7, 11) is 0. The monoisotopic (exact) mass is 294 g/mol. The van der Waals surface area contributed by atoms with Gasteiger partial charge in [0.2, 0.25) is 0 Å². The number of rotatable bonds is 5. The molecule has 0 aliphatic carbocycles. The van der Waals surface area contributed by atoms with Crippen LogP contribution in [-0.2, 0) is 6.54 Å². The van der Waals surface area contributed by atoms with Gasteiger partial charge in [-0.2, -0.15) is 0 Å². The highest BCUT2D eigenvalue weighted by atomic mass is 35.5. The molecular formula is C17H27ClN2. The van der Waals surface area contributed by atoms with Crippen molar-refractivity contribution in [1.29, 1.82) is 0 Å². The summed E-state index contributed by atoms with van der Waals surface area (Å²) in [6.45, 7) is 11.1. The maximum absolute atomic E-state index is 6.33. The normalized spacial score (nSPS) is 17.9. The number of nitrogens with zero attached hydrogens (tertiary/aromatic N) is 1. The minimum atomic E-state index is 0.597. The number of hydrogen-bond acceptors (Lipinski definition) is 2. The van der Waals surface area contributed by atoms with Crippen molar-refractivity contribution in [3.63, 3.8) is 0 Å². The third-order valence-corrected chi connectivity index (χ3v) is 4.48. The predicted octanol–water partition coefficient (Wildman–Crippen LogP) is 3.86. The molecule has 112 valence electrons. The molecule has 0 spiro atoms. The van der Waals surface area contributed by atoms with Crippen LogP contribution in [0.25, 0.3) is 0 Å². The van der Waals surface area contributed by atoms with Gasteiger partial charge in [-0.3, -0.25) is 4.90 Å². The highest BCUT2D eigenvalue weighted by molar-refractivity contribution is 6.31. The van der Waals surface area contributed by atoms with Crippen LogP contribution in [0.3, 0.4) is 0 Å². The molecule has 1 aromatic rings. The summed E-state index contributed by atoms with van der Waals surface area (Å²) in [5, 5.41) is 4.47. The van der Waals surface area contributed by atoms with Gasteiger partial charge < -0.3 is 5.32 Å². The Balaban J connectivity index is 1.79. The van der Waals surface area contributed by atoms with E-state index in [1.165, 1.54) is 37.1 Å². The zero-order valence-electron chi connectivity index (χ0n) is 13.0. The molecular weight excluding hydrogens is 268 g/mol. The average Bonchev–Trinajstić information content (AvgIpc) is 2.41. The minimum absolute atomic E-state index is 0.597. The second-order valence-electron chi connectivity index (χ2n) is 6.38. The molecule has 2 nitrogen and oxygen atoms in total. The predicted molar refractivity (Wildman–Crippen MR) is 87.3 cm³/mol. The Kier molecular flexibility index (Phi) is 5.88. The highest BCUT2D eigenvalue weighted by Crippen LogP contribution is 2.23. The summed E-state index contributed by atoms with van der Waals surface area (Å²) >= 11 is 6.33. The lowest BCUT2D eigenvalue weighted by atomic mass is 9.96. The molecule has 20 heavy (non-hydrogen) atoms. The van der Waals surface area contributed by atoms with Crippen molar-refractivity contribution in [3.05, 3.63) is 34.3 Å². The van der Waals surface area contributed by atoms with E-state index in [-0.39, 0.29) is 0 Å². The van der Waals surface area contributed by atoms with Gasteiger partial charge in [-0.25, -0.2) is 0 Å². The number of hydrogen-bond donors (Lipinski definition) is 1. The second kappa shape index (κ2) is 7.44. The summed E-state index contributed by atoms with van der Waals surface area (Å²) in [6, 6.07) is 6.99. The van der Waals surface area contributed by atoms with Gasteiger partial charge in [0.05, 0.1) is 0 Å². The molecule has 0 aromatic heterocycles. The lowest BCUT2D eigenvalue weighted by Gasteiger charge is -2.32. The number of likely N-dealkylation sites (tertiary alicyclic amines) is 1. The fraction of sp³-hybridized carbons (Fsp3) is 0.647. The summed E-state index contributed by atoms with van der Waals surface area (Å²) < 4.78 is 0. The van der Waals surface area contributed by atoms with Crippen molar-refractivity contribution in [2.75, 3.05) is 19.6 Å². The molecule has 0 atom stereocenters. The van der Waals surface area contributed by atoms with Crippen LogP contribution in [0.5, 0.6) is 0 Å². The van der Waals surface area contributed by atoms with Gasteiger partial charge in [-0.05, 0) is 62.5 Å². The third-order valence-electron chi connectivity index (χ3n) is 4.12. The Morgan fingerprint density at radius 1 is 1.30 bits per heavy atom. The van der Waals surface area contributed by atoms with E-state index in [9.17, 15) is 0 Å². The molecule has 1 heterocycles. The largest absolute Gasteiger partial charge is 0.314 e. The minimum Gasteiger partial charge on any atom is -0.314 e. The standard InChI is InChI=1S/C17H27ClN2/c1-13(2)19-11-15-6-8-20(9-7-15)12-16-5-4-14(3)10-17(16)18/h4-5,10,13,15,19H,6-9,11-12H2,1-3H3. The second-order valence-corrected chi connectivity index (χ2v) is 6.78. The van der Waals surface area contributed by atoms with Crippen molar-refractivity contribution < 1.29 is 0 Å². The van der Waals surface area contributed by atoms with Gasteiger partial charge >= 0.3 is 0 Å². The van der Waals surface area contributed by atoms with E-state index in [2.05, 4.69) is 49.2 Å². The van der Waals surface area contributed by atoms with Crippen LogP contribution in [0.1, 0.15) is 37.8 Å². The van der Waals surface area contributed by atoms with Gasteiger partial charge in [0.1, 0.15) is 0 Å². The molecule has 0 saturated carbocycles. The fourth-order valence-corrected chi connectivity index (χ4v) is 3.07. The maximum atomic E-state index is 6.33. The molecule has 0 bridgehead atoms. The number of piperidine rings is 1. The van der Waals surface area contributed by atoms with Crippen LogP contribution < -0.4 is 5.32 Å². The quantitative estimate of drug-likeness (QED) is 0.887. The Bertz CT molecular complexity index is 423. The van der Waals surface area contributed by atoms with E-state index in [1.54, 1.807) is 0 Å². The molecule has 0 unspecified atom stereocenters. The van der Waals surface area contributed by atoms with Gasteiger partial charge in [0, 0.05) is 17.6 Å². The van der Waals surface area contributed by atoms with E-state index in [1.807, 2.05) is 0 Å². The van der Waals surface area contributed by atoms with Crippen LogP contribution in [0.2, 0.25) is 5.02 Å². The van der Waals surface area contributed by atoms with E-state index in [0.717, 1.165) is 24.0 Å². The highest BCUT2D eigenvalue weighted by Gasteiger charge is 2.19. The number of benzene rings is 1. The van der Waals surface area contributed by atoms with Gasteiger partial charge in [0.15, 0.2) is 0 Å². The molecule has 1 aliphatic heterocycles. The lowest BCUT2D eigenvalue weighted by molar-refractivity contribution is 0.174. The fourth-order valence-electron chi connectivity index (χ4n) is 2.77. The Hall–Kier alpha value is -0.570. The number of aryl methyl sites for hydroxylation is 1. The first kappa shape index (κ1) is 15.8. The molecule has 1 fully saturated rings. The first-order valence-electron chi connectivity index (χ1n) is 7.75. The van der Waals surface area contributed by atoms with Crippen LogP contribution in [-0.4, -0.2) is 30.6 Å². The van der Waals surface area contributed by atoms with Gasteiger partial charge in [0.25, 0.3) is 0 Å². The Labute approximate surface area is 128 Å². The van der Waals surface area contributed by atoms with Gasteiger partial charge in [-0.15, -0.1) is 0 Å². The Morgan fingerprint density at radius 2 is 2.00 bits per heavy atom. The third kappa shape index (κ3) is 4.76. The molecule has 1 N–H and O–H groups in total. The van der Waals surface area contributed by atoms with E-state index in [0.29, 0.717) is 6.04 Å². The Morgan fingerprint density at radius 3 is 2.60 bits per heavy atom. The molecule has 1 aromatic carbocycles. The molecule has 0 amide bonds. The number of halogens is 1. The maximum Gasteiger partial charge on any atom is 0.0453 e. The molecule has 1 aliphatic rings. The zero-order chi connectivity index (χ0) is 14.5. The van der Waals surface area contributed by atoms with Crippen molar-refractivity contribution in [2.24, 2.45) is 5.92 Å². The van der Waals surface area contributed by atoms with E-state index < -0.39 is 0 Å². The van der Waals surface area contributed by atoms with E-state index >= 15 is 0 Å².